The van der Waals surface area contributed by atoms with Crippen LogP contribution in [-0.4, -0.2) is 51.9 Å². The van der Waals surface area contributed by atoms with Gasteiger partial charge in [-0.15, -0.1) is 0 Å². The van der Waals surface area contributed by atoms with Gasteiger partial charge in [0.1, 0.15) is 11.5 Å². The van der Waals surface area contributed by atoms with Crippen molar-refractivity contribution in [1.82, 2.24) is 9.47 Å². The molecule has 0 radical (unpaired) electrons. The summed E-state index contributed by atoms with van der Waals surface area (Å²) in [4.78, 5) is 2.26. The molecular formula is C32H43F5N2O2. The Hall–Kier alpha value is -2.81. The number of phenols is 2. The zero-order valence-electron chi connectivity index (χ0n) is 24.1. The lowest BCUT2D eigenvalue weighted by atomic mass is 10.1. The summed E-state index contributed by atoms with van der Waals surface area (Å²) in [6.07, 6.45) is 1.61. The van der Waals surface area contributed by atoms with E-state index in [9.17, 15) is 32.2 Å². The fourth-order valence-electron chi connectivity index (χ4n) is 5.43. The quantitative estimate of drug-likeness (QED) is 0.123. The average Bonchev–Trinajstić information content (AvgIpc) is 3.17. The topological polar surface area (TPSA) is 48.6 Å². The molecule has 1 aromatic heterocycles. The van der Waals surface area contributed by atoms with Crippen LogP contribution in [0.5, 0.6) is 11.5 Å². The molecule has 3 aromatic rings. The van der Waals surface area contributed by atoms with Gasteiger partial charge >= 0.3 is 12.1 Å². The Morgan fingerprint density at radius 2 is 1.24 bits per heavy atom. The Kier molecular flexibility index (Phi) is 11.9. The van der Waals surface area contributed by atoms with E-state index >= 15 is 0 Å². The molecular weight excluding hydrogens is 539 g/mol. The molecule has 0 aliphatic carbocycles. The van der Waals surface area contributed by atoms with Gasteiger partial charge < -0.3 is 19.7 Å². The van der Waals surface area contributed by atoms with E-state index in [2.05, 4.69) is 23.4 Å². The fourth-order valence-corrected chi connectivity index (χ4v) is 5.43. The zero-order valence-corrected chi connectivity index (χ0v) is 24.1. The minimum atomic E-state index is -5.45. The van der Waals surface area contributed by atoms with Crippen molar-refractivity contribution in [3.8, 4) is 22.8 Å². The highest BCUT2D eigenvalue weighted by atomic mass is 19.4. The Bertz CT molecular complexity index is 1220. The molecule has 0 saturated carbocycles. The van der Waals surface area contributed by atoms with E-state index in [0.717, 1.165) is 92.3 Å². The molecule has 9 heteroatoms. The van der Waals surface area contributed by atoms with Crippen molar-refractivity contribution in [3.05, 3.63) is 48.0 Å². The highest BCUT2D eigenvalue weighted by Gasteiger charge is 2.56. The van der Waals surface area contributed by atoms with Gasteiger partial charge in [-0.2, -0.15) is 22.0 Å². The van der Waals surface area contributed by atoms with E-state index < -0.39 is 18.5 Å². The molecule has 2 aromatic carbocycles. The molecule has 0 bridgehead atoms. The van der Waals surface area contributed by atoms with Gasteiger partial charge in [0.05, 0.1) is 5.69 Å². The van der Waals surface area contributed by atoms with Gasteiger partial charge in [0, 0.05) is 23.9 Å². The van der Waals surface area contributed by atoms with Crippen LogP contribution in [0.4, 0.5) is 22.0 Å². The molecule has 0 aliphatic heterocycles. The van der Waals surface area contributed by atoms with E-state index in [0.29, 0.717) is 12.8 Å². The summed E-state index contributed by atoms with van der Waals surface area (Å²) < 4.78 is 64.7. The maximum absolute atomic E-state index is 12.9. The first-order chi connectivity index (χ1) is 19.4. The lowest BCUT2D eigenvalue weighted by Gasteiger charge is -2.19. The van der Waals surface area contributed by atoms with Gasteiger partial charge in [-0.25, -0.2) is 0 Å². The van der Waals surface area contributed by atoms with E-state index in [1.54, 1.807) is 18.2 Å². The van der Waals surface area contributed by atoms with Crippen molar-refractivity contribution in [2.45, 2.75) is 96.2 Å². The summed E-state index contributed by atoms with van der Waals surface area (Å²) in [7, 11) is 2.06. The number of phenolic OH excluding ortho intramolecular Hbond substituents is 2. The number of aromatic nitrogens is 1. The summed E-state index contributed by atoms with van der Waals surface area (Å²) in [6.45, 7) is 4.80. The number of benzene rings is 2. The number of aryl methyl sites for hydroxylation is 2. The number of nitrogens with zero attached hydrogens (tertiary/aromatic N) is 2. The molecule has 0 amide bonds. The number of rotatable bonds is 17. The molecule has 0 fully saturated rings. The van der Waals surface area contributed by atoms with Gasteiger partial charge in [-0.05, 0) is 106 Å². The van der Waals surface area contributed by atoms with Crippen LogP contribution in [-0.2, 0) is 6.54 Å². The molecule has 2 N–H and O–H groups in total. The smallest absolute Gasteiger partial charge is 0.453 e. The van der Waals surface area contributed by atoms with Gasteiger partial charge in [0.2, 0.25) is 0 Å². The number of unbranched alkanes of at least 4 members (excludes halogenated alkanes) is 8. The van der Waals surface area contributed by atoms with Crippen LogP contribution in [0.2, 0.25) is 0 Å². The van der Waals surface area contributed by atoms with E-state index in [1.165, 1.54) is 0 Å². The largest absolute Gasteiger partial charge is 0.508 e. The first-order valence-corrected chi connectivity index (χ1v) is 14.6. The van der Waals surface area contributed by atoms with E-state index in [-0.39, 0.29) is 17.9 Å². The van der Waals surface area contributed by atoms with Crippen molar-refractivity contribution in [3.63, 3.8) is 0 Å². The van der Waals surface area contributed by atoms with E-state index in [1.807, 2.05) is 24.3 Å². The standard InChI is InChI=1S/C32H43F5N2O2/c1-24-28-23-27(41)17-18-29(28)39(30(24)25-13-15-26(40)16-14-25)22-12-8-4-7-11-21-38(2)20-10-6-3-5-9-19-31(33,34)32(35,36)37/h13-18,23,40-41H,3-12,19-22H2,1-2H3. The number of hydrogen-bond acceptors (Lipinski definition) is 3. The summed E-state index contributed by atoms with van der Waals surface area (Å²) in [5, 5.41) is 20.8. The number of aromatic hydroxyl groups is 2. The van der Waals surface area contributed by atoms with Crippen LogP contribution in [0.15, 0.2) is 42.5 Å². The summed E-state index contributed by atoms with van der Waals surface area (Å²) in [6, 6.07) is 12.7. The molecule has 0 atom stereocenters. The Morgan fingerprint density at radius 3 is 1.85 bits per heavy atom. The lowest BCUT2D eigenvalue weighted by Crippen LogP contribution is -2.36. The average molecular weight is 583 g/mol. The third kappa shape index (κ3) is 9.35. The number of halogens is 5. The molecule has 41 heavy (non-hydrogen) atoms. The molecule has 0 saturated heterocycles. The van der Waals surface area contributed by atoms with Gasteiger partial charge in [-0.3, -0.25) is 0 Å². The first-order valence-electron chi connectivity index (χ1n) is 14.6. The molecule has 228 valence electrons. The van der Waals surface area contributed by atoms with Crippen LogP contribution >= 0.6 is 0 Å². The van der Waals surface area contributed by atoms with Crippen LogP contribution < -0.4 is 0 Å². The fraction of sp³-hybridized carbons (Fsp3) is 0.562. The second-order valence-corrected chi connectivity index (χ2v) is 11.2. The van der Waals surface area contributed by atoms with Crippen molar-refractivity contribution in [2.24, 2.45) is 0 Å². The molecule has 3 rings (SSSR count). The Labute approximate surface area is 239 Å². The second kappa shape index (κ2) is 14.9. The number of alkyl halides is 5. The predicted octanol–water partition coefficient (Wildman–Crippen LogP) is 9.45. The third-order valence-electron chi connectivity index (χ3n) is 7.81. The molecule has 1 heterocycles. The number of fused-ring (bicyclic) bond motifs is 1. The molecule has 4 nitrogen and oxygen atoms in total. The minimum Gasteiger partial charge on any atom is -0.508 e. The number of hydrogen-bond donors (Lipinski definition) is 2. The van der Waals surface area contributed by atoms with Crippen LogP contribution in [0.25, 0.3) is 22.2 Å². The normalized spacial score (nSPS) is 12.6. The zero-order chi connectivity index (χ0) is 30.0. The van der Waals surface area contributed by atoms with Crippen molar-refractivity contribution < 1.29 is 32.2 Å². The van der Waals surface area contributed by atoms with Gasteiger partial charge in [0.25, 0.3) is 0 Å². The van der Waals surface area contributed by atoms with Crippen molar-refractivity contribution >= 4 is 10.9 Å². The second-order valence-electron chi connectivity index (χ2n) is 11.2. The molecule has 0 unspecified atom stereocenters. The predicted molar refractivity (Wildman–Crippen MR) is 155 cm³/mol. The van der Waals surface area contributed by atoms with Gasteiger partial charge in [-0.1, -0.05) is 38.5 Å². The lowest BCUT2D eigenvalue weighted by molar-refractivity contribution is -0.284. The van der Waals surface area contributed by atoms with Crippen molar-refractivity contribution in [1.29, 1.82) is 0 Å². The third-order valence-corrected chi connectivity index (χ3v) is 7.81. The summed E-state index contributed by atoms with van der Waals surface area (Å²) in [5.74, 6) is -4.11. The maximum atomic E-state index is 12.9. The summed E-state index contributed by atoms with van der Waals surface area (Å²) in [5.41, 5.74) is 4.32. The monoisotopic (exact) mass is 582 g/mol. The minimum absolute atomic E-state index is 0.107. The highest BCUT2D eigenvalue weighted by molar-refractivity contribution is 5.92. The molecule has 0 aliphatic rings. The summed E-state index contributed by atoms with van der Waals surface area (Å²) >= 11 is 0. The maximum Gasteiger partial charge on any atom is 0.453 e. The van der Waals surface area contributed by atoms with Crippen LogP contribution in [0.1, 0.15) is 76.2 Å². The van der Waals surface area contributed by atoms with Crippen molar-refractivity contribution in [2.75, 3.05) is 20.1 Å². The SMILES string of the molecule is Cc1c(-c2ccc(O)cc2)n(CCCCCCCN(C)CCCCCCCC(F)(F)C(F)(F)F)c2ccc(O)cc12. The van der Waals surface area contributed by atoms with Gasteiger partial charge in [0.15, 0.2) is 0 Å². The van der Waals surface area contributed by atoms with Crippen LogP contribution in [0.3, 0.4) is 0 Å². The Morgan fingerprint density at radius 1 is 0.707 bits per heavy atom. The first kappa shape index (κ1) is 32.7. The van der Waals surface area contributed by atoms with Crippen LogP contribution in [0, 0.1) is 6.92 Å². The Balaban J connectivity index is 1.33. The molecule has 0 spiro atoms. The highest BCUT2D eigenvalue weighted by Crippen LogP contribution is 2.39. The van der Waals surface area contributed by atoms with E-state index in [4.69, 9.17) is 0 Å².